The van der Waals surface area contributed by atoms with Crippen molar-refractivity contribution in [1.29, 1.82) is 0 Å². The molecule has 92 valence electrons. The molecule has 0 spiro atoms. The Hall–Kier alpha value is -1.38. The average Bonchev–Trinajstić information content (AvgIpc) is 2.42. The molecule has 0 aromatic heterocycles. The van der Waals surface area contributed by atoms with Gasteiger partial charge in [0.05, 0.1) is 6.10 Å². The summed E-state index contributed by atoms with van der Waals surface area (Å²) in [7, 11) is 0. The van der Waals surface area contributed by atoms with Gasteiger partial charge in [0, 0.05) is 4.47 Å². The fourth-order valence-corrected chi connectivity index (χ4v) is 1.98. The predicted molar refractivity (Wildman–Crippen MR) is 78.4 cm³/mol. The monoisotopic (exact) mass is 302 g/mol. The van der Waals surface area contributed by atoms with E-state index in [2.05, 4.69) is 28.1 Å². The molecule has 0 fully saturated rings. The predicted octanol–water partition coefficient (Wildman–Crippen LogP) is 4.28. The third-order valence-corrected chi connectivity index (χ3v) is 3.25. The lowest BCUT2D eigenvalue weighted by Crippen LogP contribution is -1.92. The van der Waals surface area contributed by atoms with Crippen LogP contribution in [0, 0.1) is 0 Å². The Labute approximate surface area is 116 Å². The summed E-state index contributed by atoms with van der Waals surface area (Å²) in [6.07, 6.45) is 4.14. The van der Waals surface area contributed by atoms with E-state index in [4.69, 9.17) is 0 Å². The highest BCUT2D eigenvalue weighted by atomic mass is 79.9. The molecule has 0 aliphatic carbocycles. The summed E-state index contributed by atoms with van der Waals surface area (Å²) in [5, 5.41) is 9.95. The number of halogens is 1. The fraction of sp³-hybridized carbons (Fsp3) is 0.125. The van der Waals surface area contributed by atoms with E-state index in [9.17, 15) is 5.11 Å². The van der Waals surface area contributed by atoms with Crippen LogP contribution in [0.5, 0.6) is 0 Å². The van der Waals surface area contributed by atoms with E-state index in [1.807, 2.05) is 54.6 Å². The fourth-order valence-electron chi connectivity index (χ4n) is 1.71. The highest BCUT2D eigenvalue weighted by molar-refractivity contribution is 9.10. The molecule has 18 heavy (non-hydrogen) atoms. The van der Waals surface area contributed by atoms with Crippen molar-refractivity contribution in [3.8, 4) is 0 Å². The molecule has 0 aliphatic heterocycles. The summed E-state index contributed by atoms with van der Waals surface area (Å²) in [6.45, 7) is 0. The highest BCUT2D eigenvalue weighted by Crippen LogP contribution is 2.15. The molecule has 2 aromatic rings. The minimum Gasteiger partial charge on any atom is -0.384 e. The molecule has 0 bridgehead atoms. The van der Waals surface area contributed by atoms with E-state index in [-0.39, 0.29) is 0 Å². The summed E-state index contributed by atoms with van der Waals surface area (Å²) < 4.78 is 1.08. The molecule has 0 saturated heterocycles. The largest absolute Gasteiger partial charge is 0.384 e. The second-order valence-electron chi connectivity index (χ2n) is 4.11. The van der Waals surface area contributed by atoms with Crippen molar-refractivity contribution < 1.29 is 5.11 Å². The molecule has 1 atom stereocenters. The first kappa shape index (κ1) is 13.1. The molecule has 0 saturated carbocycles. The molecular weight excluding hydrogens is 288 g/mol. The van der Waals surface area contributed by atoms with Gasteiger partial charge >= 0.3 is 0 Å². The summed E-state index contributed by atoms with van der Waals surface area (Å²) in [5.74, 6) is 0. The van der Waals surface area contributed by atoms with Crippen LogP contribution in [0.1, 0.15) is 17.2 Å². The third kappa shape index (κ3) is 3.83. The van der Waals surface area contributed by atoms with Gasteiger partial charge in [-0.1, -0.05) is 70.5 Å². The molecule has 1 unspecified atom stereocenters. The second-order valence-corrected chi connectivity index (χ2v) is 5.03. The number of benzene rings is 2. The maximum Gasteiger partial charge on any atom is 0.0971 e. The zero-order chi connectivity index (χ0) is 12.8. The van der Waals surface area contributed by atoms with Crippen LogP contribution in [0.2, 0.25) is 0 Å². The second kappa shape index (κ2) is 6.53. The maximum atomic E-state index is 9.95. The number of aliphatic hydroxyl groups excluding tert-OH is 1. The molecular formula is C16H15BrO. The molecule has 1 nitrogen and oxygen atoms in total. The SMILES string of the molecule is OC(/C=C/Cc1ccc(Br)cc1)c1ccccc1. The van der Waals surface area contributed by atoms with E-state index in [0.717, 1.165) is 16.5 Å². The van der Waals surface area contributed by atoms with Crippen LogP contribution in [0.3, 0.4) is 0 Å². The summed E-state index contributed by atoms with van der Waals surface area (Å²) in [4.78, 5) is 0. The Morgan fingerprint density at radius 2 is 1.67 bits per heavy atom. The Bertz CT molecular complexity index is 502. The summed E-state index contributed by atoms with van der Waals surface area (Å²) >= 11 is 3.41. The zero-order valence-electron chi connectivity index (χ0n) is 9.96. The van der Waals surface area contributed by atoms with Gasteiger partial charge in [0.25, 0.3) is 0 Å². The van der Waals surface area contributed by atoms with Gasteiger partial charge in [-0.15, -0.1) is 0 Å². The van der Waals surface area contributed by atoms with E-state index < -0.39 is 6.10 Å². The van der Waals surface area contributed by atoms with Crippen molar-refractivity contribution in [2.45, 2.75) is 12.5 Å². The van der Waals surface area contributed by atoms with Gasteiger partial charge in [0.1, 0.15) is 0 Å². The normalized spacial score (nSPS) is 12.8. The van der Waals surface area contributed by atoms with Crippen molar-refractivity contribution in [2.24, 2.45) is 0 Å². The van der Waals surface area contributed by atoms with E-state index in [1.165, 1.54) is 5.56 Å². The molecule has 2 rings (SSSR count). The molecule has 0 aliphatic rings. The quantitative estimate of drug-likeness (QED) is 0.836. The van der Waals surface area contributed by atoms with Crippen LogP contribution in [0.15, 0.2) is 71.2 Å². The smallest absolute Gasteiger partial charge is 0.0971 e. The Morgan fingerprint density at radius 1 is 1.00 bits per heavy atom. The Balaban J connectivity index is 1.93. The van der Waals surface area contributed by atoms with Crippen LogP contribution in [-0.2, 0) is 6.42 Å². The number of allylic oxidation sites excluding steroid dienone is 1. The van der Waals surface area contributed by atoms with E-state index in [0.29, 0.717) is 0 Å². The maximum absolute atomic E-state index is 9.95. The standard InChI is InChI=1S/C16H15BrO/c17-15-11-9-13(10-12-15)5-4-8-16(18)14-6-2-1-3-7-14/h1-4,6-12,16,18H,5H2/b8-4+. The lowest BCUT2D eigenvalue weighted by Gasteiger charge is -2.05. The molecule has 0 heterocycles. The van der Waals surface area contributed by atoms with Crippen LogP contribution < -0.4 is 0 Å². The summed E-state index contributed by atoms with van der Waals surface area (Å²) in [5.41, 5.74) is 2.15. The molecule has 0 amide bonds. The number of hydrogen-bond acceptors (Lipinski definition) is 1. The Morgan fingerprint density at radius 3 is 2.33 bits per heavy atom. The first-order chi connectivity index (χ1) is 8.75. The van der Waals surface area contributed by atoms with E-state index in [1.54, 1.807) is 0 Å². The number of aliphatic hydroxyl groups is 1. The zero-order valence-corrected chi connectivity index (χ0v) is 11.5. The van der Waals surface area contributed by atoms with Crippen LogP contribution >= 0.6 is 15.9 Å². The Kier molecular flexibility index (Phi) is 4.73. The van der Waals surface area contributed by atoms with Crippen molar-refractivity contribution in [3.05, 3.63) is 82.3 Å². The van der Waals surface area contributed by atoms with Crippen LogP contribution in [-0.4, -0.2) is 5.11 Å². The van der Waals surface area contributed by atoms with Gasteiger partial charge in [0.15, 0.2) is 0 Å². The molecule has 0 radical (unpaired) electrons. The highest BCUT2D eigenvalue weighted by Gasteiger charge is 2.00. The van der Waals surface area contributed by atoms with Gasteiger partial charge in [-0.05, 0) is 29.7 Å². The van der Waals surface area contributed by atoms with Crippen molar-refractivity contribution in [2.75, 3.05) is 0 Å². The first-order valence-corrected chi connectivity index (χ1v) is 6.69. The number of hydrogen-bond donors (Lipinski definition) is 1. The van der Waals surface area contributed by atoms with Gasteiger partial charge < -0.3 is 5.11 Å². The first-order valence-electron chi connectivity index (χ1n) is 5.90. The average molecular weight is 303 g/mol. The van der Waals surface area contributed by atoms with E-state index >= 15 is 0 Å². The van der Waals surface area contributed by atoms with Crippen LogP contribution in [0.4, 0.5) is 0 Å². The topological polar surface area (TPSA) is 20.2 Å². The van der Waals surface area contributed by atoms with Crippen molar-refractivity contribution >= 4 is 15.9 Å². The lowest BCUT2D eigenvalue weighted by molar-refractivity contribution is 0.228. The van der Waals surface area contributed by atoms with Crippen molar-refractivity contribution in [1.82, 2.24) is 0 Å². The lowest BCUT2D eigenvalue weighted by atomic mass is 10.1. The van der Waals surface area contributed by atoms with Crippen molar-refractivity contribution in [3.63, 3.8) is 0 Å². The molecule has 2 aromatic carbocycles. The van der Waals surface area contributed by atoms with Gasteiger partial charge in [-0.3, -0.25) is 0 Å². The van der Waals surface area contributed by atoms with Gasteiger partial charge in [0.2, 0.25) is 0 Å². The van der Waals surface area contributed by atoms with Crippen LogP contribution in [0.25, 0.3) is 0 Å². The third-order valence-electron chi connectivity index (χ3n) is 2.73. The molecule has 1 N–H and O–H groups in total. The number of rotatable bonds is 4. The minimum atomic E-state index is -0.526. The molecule has 2 heteroatoms. The van der Waals surface area contributed by atoms with Gasteiger partial charge in [-0.2, -0.15) is 0 Å². The summed E-state index contributed by atoms with van der Waals surface area (Å²) in [6, 6.07) is 17.9. The minimum absolute atomic E-state index is 0.526. The van der Waals surface area contributed by atoms with Gasteiger partial charge in [-0.25, -0.2) is 0 Å².